The van der Waals surface area contributed by atoms with Crippen LogP contribution in [0.4, 0.5) is 0 Å². The maximum atomic E-state index is 10.0. The van der Waals surface area contributed by atoms with Crippen LogP contribution < -0.4 is 4.63 Å². The van der Waals surface area contributed by atoms with E-state index in [4.69, 9.17) is 9.47 Å². The van der Waals surface area contributed by atoms with Gasteiger partial charge in [0.1, 0.15) is 8.07 Å². The summed E-state index contributed by atoms with van der Waals surface area (Å²) >= 11 is 1.79. The van der Waals surface area contributed by atoms with E-state index in [0.29, 0.717) is 19.6 Å². The fourth-order valence-electron chi connectivity index (χ4n) is 3.05. The summed E-state index contributed by atoms with van der Waals surface area (Å²) in [7, 11) is -1.38. The van der Waals surface area contributed by atoms with Crippen molar-refractivity contribution >= 4 is 24.0 Å². The second-order valence-corrected chi connectivity index (χ2v) is 13.2. The number of ether oxygens (including phenoxy) is 2. The lowest BCUT2D eigenvalue weighted by Crippen LogP contribution is -2.43. The molecule has 1 spiro atoms. The van der Waals surface area contributed by atoms with E-state index in [1.807, 2.05) is 6.20 Å². The third-order valence-electron chi connectivity index (χ3n) is 4.15. The molecule has 2 heterocycles. The zero-order valence-electron chi connectivity index (χ0n) is 12.4. The molecule has 6 heteroatoms. The standard InChI is InChI=1S/C14H23NO3SSi/c1-20(2,3)13-15-9-12(19-13)11-8-10(16)4-5-14(11)17-6-7-18-14/h9-11,16H,4-8H2,1-3H3. The molecule has 2 aliphatic rings. The molecular formula is C14H23NO3SSi. The number of thiazole rings is 1. The van der Waals surface area contributed by atoms with Gasteiger partial charge in [0.05, 0.1) is 29.9 Å². The smallest absolute Gasteiger partial charge is 0.176 e. The Kier molecular flexibility index (Phi) is 3.79. The van der Waals surface area contributed by atoms with Crippen molar-refractivity contribution in [2.45, 2.75) is 56.7 Å². The van der Waals surface area contributed by atoms with E-state index in [1.165, 1.54) is 9.51 Å². The first-order valence-corrected chi connectivity index (χ1v) is 11.6. The Hall–Kier alpha value is -0.273. The topological polar surface area (TPSA) is 51.6 Å². The van der Waals surface area contributed by atoms with Crippen LogP contribution in [0.1, 0.15) is 30.1 Å². The van der Waals surface area contributed by atoms with Crippen molar-refractivity contribution in [2.75, 3.05) is 13.2 Å². The SMILES string of the molecule is C[Si](C)(C)c1ncc(C2CC(O)CCC23OCCO3)s1. The summed E-state index contributed by atoms with van der Waals surface area (Å²) in [5.41, 5.74) is 0. The van der Waals surface area contributed by atoms with Gasteiger partial charge in [-0.1, -0.05) is 19.6 Å². The number of aliphatic hydroxyl groups excluding tert-OH is 1. The molecule has 1 N–H and O–H groups in total. The Balaban J connectivity index is 1.91. The molecular weight excluding hydrogens is 290 g/mol. The van der Waals surface area contributed by atoms with Gasteiger partial charge in [-0.2, -0.15) is 0 Å². The maximum Gasteiger partial charge on any atom is 0.176 e. The zero-order chi connectivity index (χ0) is 14.4. The second kappa shape index (κ2) is 5.17. The van der Waals surface area contributed by atoms with Crippen LogP contribution in [0.3, 0.4) is 0 Å². The number of nitrogens with zero attached hydrogens (tertiary/aromatic N) is 1. The molecule has 20 heavy (non-hydrogen) atoms. The van der Waals surface area contributed by atoms with Gasteiger partial charge < -0.3 is 14.6 Å². The quantitative estimate of drug-likeness (QED) is 0.849. The summed E-state index contributed by atoms with van der Waals surface area (Å²) in [5.74, 6) is -0.390. The Morgan fingerprint density at radius 1 is 1.35 bits per heavy atom. The van der Waals surface area contributed by atoms with Gasteiger partial charge in [-0.25, -0.2) is 0 Å². The molecule has 4 nitrogen and oxygen atoms in total. The Morgan fingerprint density at radius 3 is 2.65 bits per heavy atom. The van der Waals surface area contributed by atoms with Crippen molar-refractivity contribution in [3.63, 3.8) is 0 Å². The maximum absolute atomic E-state index is 10.0. The molecule has 1 saturated carbocycles. The van der Waals surface area contributed by atoms with Gasteiger partial charge in [-0.05, 0) is 12.8 Å². The minimum atomic E-state index is -1.38. The summed E-state index contributed by atoms with van der Waals surface area (Å²) in [6.45, 7) is 8.25. The van der Waals surface area contributed by atoms with E-state index < -0.39 is 13.9 Å². The molecule has 2 fully saturated rings. The number of hydrogen-bond acceptors (Lipinski definition) is 5. The summed E-state index contributed by atoms with van der Waals surface area (Å²) in [4.78, 5) is 5.84. The van der Waals surface area contributed by atoms with Crippen LogP contribution in [0, 0.1) is 0 Å². The summed E-state index contributed by atoms with van der Waals surface area (Å²) < 4.78 is 13.2. The largest absolute Gasteiger partial charge is 0.393 e. The van der Waals surface area contributed by atoms with Gasteiger partial charge >= 0.3 is 0 Å². The van der Waals surface area contributed by atoms with Crippen molar-refractivity contribution in [1.82, 2.24) is 4.98 Å². The van der Waals surface area contributed by atoms with Crippen LogP contribution in [0.25, 0.3) is 0 Å². The van der Waals surface area contributed by atoms with Crippen LogP contribution >= 0.6 is 11.3 Å². The van der Waals surface area contributed by atoms with Gasteiger partial charge in [0.15, 0.2) is 5.79 Å². The number of hydrogen-bond donors (Lipinski definition) is 1. The number of aliphatic hydroxyl groups is 1. The molecule has 1 saturated heterocycles. The van der Waals surface area contributed by atoms with Crippen molar-refractivity contribution in [3.05, 3.63) is 11.1 Å². The molecule has 1 aliphatic heterocycles. The highest BCUT2D eigenvalue weighted by atomic mass is 32.1. The highest BCUT2D eigenvalue weighted by Crippen LogP contribution is 2.47. The monoisotopic (exact) mass is 313 g/mol. The predicted octanol–water partition coefficient (Wildman–Crippen LogP) is 2.06. The summed E-state index contributed by atoms with van der Waals surface area (Å²) in [6, 6.07) is 0. The molecule has 2 atom stereocenters. The third kappa shape index (κ3) is 2.59. The third-order valence-corrected chi connectivity index (χ3v) is 8.63. The molecule has 1 aromatic rings. The van der Waals surface area contributed by atoms with Crippen LogP contribution in [-0.4, -0.2) is 43.3 Å². The molecule has 0 radical (unpaired) electrons. The Morgan fingerprint density at radius 2 is 2.05 bits per heavy atom. The van der Waals surface area contributed by atoms with E-state index in [0.717, 1.165) is 12.8 Å². The first-order valence-electron chi connectivity index (χ1n) is 7.33. The van der Waals surface area contributed by atoms with Gasteiger partial charge in [0, 0.05) is 17.5 Å². The Bertz CT molecular complexity index is 479. The van der Waals surface area contributed by atoms with E-state index in [1.54, 1.807) is 11.3 Å². The van der Waals surface area contributed by atoms with E-state index in [2.05, 4.69) is 24.6 Å². The minimum Gasteiger partial charge on any atom is -0.393 e. The molecule has 3 rings (SSSR count). The molecule has 0 amide bonds. The average molecular weight is 313 g/mol. The van der Waals surface area contributed by atoms with Crippen molar-refractivity contribution in [2.24, 2.45) is 0 Å². The van der Waals surface area contributed by atoms with Gasteiger partial charge in [0.2, 0.25) is 0 Å². The number of aromatic nitrogens is 1. The molecule has 1 aromatic heterocycles. The molecule has 2 unspecified atom stereocenters. The van der Waals surface area contributed by atoms with E-state index in [9.17, 15) is 5.11 Å². The van der Waals surface area contributed by atoms with Crippen molar-refractivity contribution < 1.29 is 14.6 Å². The lowest BCUT2D eigenvalue weighted by atomic mass is 9.81. The second-order valence-electron chi connectivity index (χ2n) is 6.81. The van der Waals surface area contributed by atoms with Crippen LogP contribution in [0.2, 0.25) is 19.6 Å². The fourth-order valence-corrected chi connectivity index (χ4v) is 5.94. The van der Waals surface area contributed by atoms with Crippen LogP contribution in [0.15, 0.2) is 6.20 Å². The fraction of sp³-hybridized carbons (Fsp3) is 0.786. The lowest BCUT2D eigenvalue weighted by molar-refractivity contribution is -0.201. The van der Waals surface area contributed by atoms with Crippen LogP contribution in [0.5, 0.6) is 0 Å². The van der Waals surface area contributed by atoms with E-state index in [-0.39, 0.29) is 12.0 Å². The predicted molar refractivity (Wildman–Crippen MR) is 82.3 cm³/mol. The minimum absolute atomic E-state index is 0.122. The lowest BCUT2D eigenvalue weighted by Gasteiger charge is -2.40. The highest BCUT2D eigenvalue weighted by Gasteiger charge is 2.49. The van der Waals surface area contributed by atoms with Gasteiger partial charge in [0.25, 0.3) is 0 Å². The van der Waals surface area contributed by atoms with Crippen LogP contribution in [-0.2, 0) is 9.47 Å². The first-order chi connectivity index (χ1) is 9.41. The number of rotatable bonds is 2. The van der Waals surface area contributed by atoms with Crippen molar-refractivity contribution in [1.29, 1.82) is 0 Å². The first kappa shape index (κ1) is 14.7. The van der Waals surface area contributed by atoms with E-state index >= 15 is 0 Å². The Labute approximate surface area is 125 Å². The highest BCUT2D eigenvalue weighted by molar-refractivity contribution is 7.25. The normalized spacial score (nSPS) is 30.0. The van der Waals surface area contributed by atoms with Gasteiger partial charge in [-0.3, -0.25) is 4.98 Å². The molecule has 0 bridgehead atoms. The average Bonchev–Trinajstić information content (AvgIpc) is 3.02. The zero-order valence-corrected chi connectivity index (χ0v) is 14.2. The molecule has 0 aromatic carbocycles. The molecule has 1 aliphatic carbocycles. The summed E-state index contributed by atoms with van der Waals surface area (Å²) in [6.07, 6.45) is 3.98. The van der Waals surface area contributed by atoms with Gasteiger partial charge in [-0.15, -0.1) is 11.3 Å². The van der Waals surface area contributed by atoms with Crippen molar-refractivity contribution in [3.8, 4) is 0 Å². The molecule has 112 valence electrons. The summed E-state index contributed by atoms with van der Waals surface area (Å²) in [5, 5.41) is 10.0.